The van der Waals surface area contributed by atoms with E-state index in [2.05, 4.69) is 82.1 Å². The monoisotopic (exact) mass is 423 g/mol. The Labute approximate surface area is 168 Å². The van der Waals surface area contributed by atoms with Gasteiger partial charge in [-0.25, -0.2) is 5.43 Å². The molecule has 0 radical (unpaired) electrons. The van der Waals surface area contributed by atoms with Crippen molar-refractivity contribution in [3.05, 3.63) is 87.1 Å². The van der Waals surface area contributed by atoms with E-state index in [0.717, 1.165) is 32.7 Å². The van der Waals surface area contributed by atoms with E-state index >= 15 is 0 Å². The van der Waals surface area contributed by atoms with E-state index in [4.69, 9.17) is 0 Å². The molecule has 0 unspecified atom stereocenters. The Morgan fingerprint density at radius 3 is 2.41 bits per heavy atom. The minimum Gasteiger partial charge on any atom is -0.318 e. The zero-order valence-electron chi connectivity index (χ0n) is 15.7. The number of nitrogens with zero attached hydrogens (tertiary/aromatic N) is 2. The van der Waals surface area contributed by atoms with Gasteiger partial charge < -0.3 is 4.57 Å². The second kappa shape index (κ2) is 8.35. The fourth-order valence-corrected chi connectivity index (χ4v) is 3.27. The molecule has 2 aromatic carbocycles. The van der Waals surface area contributed by atoms with Gasteiger partial charge in [-0.3, -0.25) is 4.79 Å². The molecule has 0 atom stereocenters. The minimum absolute atomic E-state index is 0.138. The van der Waals surface area contributed by atoms with Crippen LogP contribution in [0.1, 0.15) is 28.1 Å². The maximum Gasteiger partial charge on any atom is 0.244 e. The van der Waals surface area contributed by atoms with Crippen molar-refractivity contribution in [3.63, 3.8) is 0 Å². The van der Waals surface area contributed by atoms with Gasteiger partial charge in [-0.2, -0.15) is 5.10 Å². The molecule has 5 heteroatoms. The number of rotatable bonds is 5. The molecule has 0 bridgehead atoms. The van der Waals surface area contributed by atoms with Crippen molar-refractivity contribution in [2.75, 3.05) is 0 Å². The summed E-state index contributed by atoms with van der Waals surface area (Å²) in [5.41, 5.74) is 9.10. The van der Waals surface area contributed by atoms with E-state index in [1.54, 1.807) is 6.21 Å². The van der Waals surface area contributed by atoms with Crippen molar-refractivity contribution >= 4 is 28.1 Å². The van der Waals surface area contributed by atoms with Crippen LogP contribution in [0.4, 0.5) is 0 Å². The summed E-state index contributed by atoms with van der Waals surface area (Å²) in [6.45, 7) is 6.20. The number of hydrogen-bond donors (Lipinski definition) is 1. The van der Waals surface area contributed by atoms with Gasteiger partial charge in [0.2, 0.25) is 5.91 Å². The molecule has 0 fully saturated rings. The quantitative estimate of drug-likeness (QED) is 0.462. The zero-order valence-corrected chi connectivity index (χ0v) is 17.2. The Hall–Kier alpha value is -2.66. The first kappa shape index (κ1) is 19.1. The number of aryl methyl sites for hydroxylation is 2. The molecule has 0 aliphatic carbocycles. The fraction of sp³-hybridized carbons (Fsp3) is 0.182. The van der Waals surface area contributed by atoms with E-state index in [0.29, 0.717) is 6.42 Å². The van der Waals surface area contributed by atoms with Gasteiger partial charge in [-0.15, -0.1) is 0 Å². The van der Waals surface area contributed by atoms with E-state index in [1.165, 1.54) is 5.56 Å². The second-order valence-electron chi connectivity index (χ2n) is 6.59. The molecule has 138 valence electrons. The van der Waals surface area contributed by atoms with Gasteiger partial charge in [0, 0.05) is 27.1 Å². The van der Waals surface area contributed by atoms with Gasteiger partial charge in [0.1, 0.15) is 0 Å². The molecule has 3 rings (SSSR count). The number of carbonyl (C=O) groups is 1. The highest BCUT2D eigenvalue weighted by atomic mass is 79.9. The number of aromatic nitrogens is 1. The highest BCUT2D eigenvalue weighted by molar-refractivity contribution is 9.10. The Morgan fingerprint density at radius 2 is 1.74 bits per heavy atom. The van der Waals surface area contributed by atoms with Crippen LogP contribution in [0, 0.1) is 20.8 Å². The summed E-state index contributed by atoms with van der Waals surface area (Å²) in [6.07, 6.45) is 2.00. The summed E-state index contributed by atoms with van der Waals surface area (Å²) in [5, 5.41) is 4.13. The fourth-order valence-electron chi connectivity index (χ4n) is 3.01. The van der Waals surface area contributed by atoms with Crippen LogP contribution in [0.2, 0.25) is 0 Å². The van der Waals surface area contributed by atoms with Gasteiger partial charge in [0.05, 0.1) is 12.6 Å². The van der Waals surface area contributed by atoms with Crippen molar-refractivity contribution < 1.29 is 4.79 Å². The summed E-state index contributed by atoms with van der Waals surface area (Å²) in [7, 11) is 0. The molecular formula is C22H22BrN3O. The number of benzene rings is 2. The van der Waals surface area contributed by atoms with Crippen molar-refractivity contribution in [2.45, 2.75) is 27.2 Å². The van der Waals surface area contributed by atoms with Gasteiger partial charge >= 0.3 is 0 Å². The second-order valence-corrected chi connectivity index (χ2v) is 7.51. The molecule has 27 heavy (non-hydrogen) atoms. The molecule has 1 N–H and O–H groups in total. The molecule has 0 spiro atoms. The Bertz CT molecular complexity index is 970. The van der Waals surface area contributed by atoms with Crippen molar-refractivity contribution in [1.29, 1.82) is 0 Å². The molecule has 1 heterocycles. The highest BCUT2D eigenvalue weighted by Crippen LogP contribution is 2.20. The summed E-state index contributed by atoms with van der Waals surface area (Å²) in [6, 6.07) is 18.2. The summed E-state index contributed by atoms with van der Waals surface area (Å²) in [4.78, 5) is 12.1. The predicted molar refractivity (Wildman–Crippen MR) is 114 cm³/mol. The Morgan fingerprint density at radius 1 is 1.07 bits per heavy atom. The van der Waals surface area contributed by atoms with E-state index in [1.807, 2.05) is 24.3 Å². The molecule has 3 aromatic rings. The van der Waals surface area contributed by atoms with Crippen LogP contribution < -0.4 is 5.43 Å². The number of carbonyl (C=O) groups excluding carboxylic acids is 1. The molecular weight excluding hydrogens is 402 g/mol. The highest BCUT2D eigenvalue weighted by Gasteiger charge is 2.09. The number of hydrogen-bond acceptors (Lipinski definition) is 2. The van der Waals surface area contributed by atoms with Crippen molar-refractivity contribution in [2.24, 2.45) is 5.10 Å². The summed E-state index contributed by atoms with van der Waals surface area (Å²) in [5.74, 6) is -0.138. The van der Waals surface area contributed by atoms with E-state index in [-0.39, 0.29) is 5.91 Å². The third-order valence-corrected chi connectivity index (χ3v) is 4.96. The number of nitrogens with one attached hydrogen (secondary N) is 1. The van der Waals surface area contributed by atoms with Gasteiger partial charge in [-0.1, -0.05) is 45.8 Å². The van der Waals surface area contributed by atoms with Crippen LogP contribution in [0.3, 0.4) is 0 Å². The summed E-state index contributed by atoms with van der Waals surface area (Å²) >= 11 is 3.39. The molecule has 0 aliphatic heterocycles. The molecule has 1 aromatic heterocycles. The maximum absolute atomic E-state index is 12.1. The van der Waals surface area contributed by atoms with Gasteiger partial charge in [0.25, 0.3) is 0 Å². The largest absolute Gasteiger partial charge is 0.318 e. The van der Waals surface area contributed by atoms with Crippen molar-refractivity contribution in [1.82, 2.24) is 9.99 Å². The van der Waals surface area contributed by atoms with Crippen LogP contribution in [0.15, 0.2) is 64.2 Å². The SMILES string of the molecule is Cc1ccc(-n2c(C)cc(/C=N\NC(=O)Cc3ccc(Br)cc3)c2C)cc1. The first-order chi connectivity index (χ1) is 12.9. The topological polar surface area (TPSA) is 46.4 Å². The third kappa shape index (κ3) is 4.74. The zero-order chi connectivity index (χ0) is 19.4. The smallest absolute Gasteiger partial charge is 0.244 e. The normalized spacial score (nSPS) is 11.1. The molecule has 0 saturated carbocycles. The Kier molecular flexibility index (Phi) is 5.91. The lowest BCUT2D eigenvalue weighted by molar-refractivity contribution is -0.120. The third-order valence-electron chi connectivity index (χ3n) is 4.43. The average molecular weight is 424 g/mol. The summed E-state index contributed by atoms with van der Waals surface area (Å²) < 4.78 is 3.18. The molecule has 0 aliphatic rings. The van der Waals surface area contributed by atoms with Crippen molar-refractivity contribution in [3.8, 4) is 5.69 Å². The van der Waals surface area contributed by atoms with Crippen LogP contribution in [-0.2, 0) is 11.2 Å². The molecule has 1 amide bonds. The number of hydrazone groups is 1. The van der Waals surface area contributed by atoms with Crippen LogP contribution in [0.25, 0.3) is 5.69 Å². The lowest BCUT2D eigenvalue weighted by Gasteiger charge is -2.09. The Balaban J connectivity index is 1.68. The first-order valence-electron chi connectivity index (χ1n) is 8.76. The average Bonchev–Trinajstić information content (AvgIpc) is 2.92. The van der Waals surface area contributed by atoms with Gasteiger partial charge in [-0.05, 0) is 56.7 Å². The first-order valence-corrected chi connectivity index (χ1v) is 9.55. The standard InChI is InChI=1S/C22H22BrN3O/c1-15-4-10-21(11-5-15)26-16(2)12-19(17(26)3)14-24-25-22(27)13-18-6-8-20(23)9-7-18/h4-12,14H,13H2,1-3H3,(H,25,27)/b24-14-. The maximum atomic E-state index is 12.1. The minimum atomic E-state index is -0.138. The lowest BCUT2D eigenvalue weighted by Crippen LogP contribution is -2.19. The number of halogens is 1. The molecule has 0 saturated heterocycles. The van der Waals surface area contributed by atoms with Crippen LogP contribution in [0.5, 0.6) is 0 Å². The lowest BCUT2D eigenvalue weighted by atomic mass is 10.1. The van der Waals surface area contributed by atoms with E-state index in [9.17, 15) is 4.79 Å². The van der Waals surface area contributed by atoms with Crippen LogP contribution in [-0.4, -0.2) is 16.7 Å². The predicted octanol–water partition coefficient (Wildman–Crippen LogP) is 4.86. The number of amides is 1. The van der Waals surface area contributed by atoms with Gasteiger partial charge in [0.15, 0.2) is 0 Å². The van der Waals surface area contributed by atoms with E-state index < -0.39 is 0 Å². The molecule has 4 nitrogen and oxygen atoms in total. The van der Waals surface area contributed by atoms with Crippen LogP contribution >= 0.6 is 15.9 Å².